The molecule has 1 aromatic carbocycles. The number of hydrogen-bond donors (Lipinski definition) is 2. The van der Waals surface area contributed by atoms with Crippen LogP contribution in [0.5, 0.6) is 5.75 Å². The molecular formula is C17H29NO3. The van der Waals surface area contributed by atoms with Crippen LogP contribution >= 0.6 is 0 Å². The van der Waals surface area contributed by atoms with E-state index < -0.39 is 0 Å². The summed E-state index contributed by atoms with van der Waals surface area (Å²) in [6, 6.07) is 6.56. The lowest BCUT2D eigenvalue weighted by atomic mass is 10.0. The van der Waals surface area contributed by atoms with Gasteiger partial charge < -0.3 is 19.9 Å². The van der Waals surface area contributed by atoms with E-state index in [9.17, 15) is 0 Å². The van der Waals surface area contributed by atoms with Gasteiger partial charge >= 0.3 is 0 Å². The number of rotatable bonds is 11. The number of hydrogen-bond acceptors (Lipinski definition) is 4. The van der Waals surface area contributed by atoms with Crippen molar-refractivity contribution in [3.63, 3.8) is 0 Å². The Balaban J connectivity index is 2.46. The molecule has 4 heteroatoms. The van der Waals surface area contributed by atoms with Crippen LogP contribution < -0.4 is 10.1 Å². The summed E-state index contributed by atoms with van der Waals surface area (Å²) >= 11 is 0. The van der Waals surface area contributed by atoms with Crippen LogP contribution in [-0.4, -0.2) is 32.5 Å². The lowest BCUT2D eigenvalue weighted by Crippen LogP contribution is -2.20. The van der Waals surface area contributed by atoms with Crippen molar-refractivity contribution in [1.82, 2.24) is 5.32 Å². The second-order valence-electron chi connectivity index (χ2n) is 5.32. The number of benzene rings is 1. The molecule has 120 valence electrons. The molecule has 0 saturated heterocycles. The minimum Gasteiger partial charge on any atom is -0.496 e. The number of nitrogens with one attached hydrogen (secondary N) is 1. The second kappa shape index (κ2) is 10.6. The van der Waals surface area contributed by atoms with Gasteiger partial charge in [-0.1, -0.05) is 18.9 Å². The van der Waals surface area contributed by atoms with Crippen molar-refractivity contribution >= 4 is 0 Å². The summed E-state index contributed by atoms with van der Waals surface area (Å²) in [6.07, 6.45) is 4.32. The second-order valence-corrected chi connectivity index (χ2v) is 5.32. The van der Waals surface area contributed by atoms with Crippen molar-refractivity contribution < 1.29 is 14.6 Å². The van der Waals surface area contributed by atoms with E-state index >= 15 is 0 Å². The van der Waals surface area contributed by atoms with Gasteiger partial charge in [0.2, 0.25) is 0 Å². The molecule has 0 saturated carbocycles. The van der Waals surface area contributed by atoms with Crippen LogP contribution in [0, 0.1) is 0 Å². The van der Waals surface area contributed by atoms with Crippen molar-refractivity contribution in [2.24, 2.45) is 0 Å². The van der Waals surface area contributed by atoms with E-state index in [0.717, 1.165) is 43.5 Å². The van der Waals surface area contributed by atoms with Gasteiger partial charge in [-0.2, -0.15) is 0 Å². The fraction of sp³-hybridized carbons (Fsp3) is 0.647. The Morgan fingerprint density at radius 1 is 1.14 bits per heavy atom. The maximum atomic E-state index is 8.74. The molecule has 4 nitrogen and oxygen atoms in total. The summed E-state index contributed by atoms with van der Waals surface area (Å²) in [5.74, 6) is 0.872. The molecular weight excluding hydrogens is 266 g/mol. The number of aliphatic hydroxyl groups is 1. The summed E-state index contributed by atoms with van der Waals surface area (Å²) in [5, 5.41) is 12.3. The largest absolute Gasteiger partial charge is 0.496 e. The van der Waals surface area contributed by atoms with Crippen LogP contribution in [0.3, 0.4) is 0 Å². The van der Waals surface area contributed by atoms with Crippen LogP contribution in [-0.2, 0) is 11.3 Å². The van der Waals surface area contributed by atoms with E-state index in [1.54, 1.807) is 14.2 Å². The minimum absolute atomic E-state index is 0.304. The average Bonchev–Trinajstić information content (AvgIpc) is 2.50. The van der Waals surface area contributed by atoms with Gasteiger partial charge in [-0.3, -0.25) is 0 Å². The number of unbranched alkanes of at least 4 members (excludes halogenated alkanes) is 3. The molecule has 1 atom stereocenters. The minimum atomic E-state index is 0.304. The zero-order valence-electron chi connectivity index (χ0n) is 13.5. The highest BCUT2D eigenvalue weighted by Crippen LogP contribution is 2.24. The van der Waals surface area contributed by atoms with Crippen molar-refractivity contribution in [1.29, 1.82) is 0 Å². The molecule has 0 heterocycles. The standard InChI is InChI=1S/C17H29NO3/c1-14(18-10-6-4-5-7-11-19)15-8-9-17(21-3)16(12-15)13-20-2/h8-9,12,14,18-19H,4-7,10-11,13H2,1-3H3. The Kier molecular flexibility index (Phi) is 9.06. The van der Waals surface area contributed by atoms with E-state index in [1.165, 1.54) is 5.56 Å². The van der Waals surface area contributed by atoms with Crippen LogP contribution in [0.25, 0.3) is 0 Å². The average molecular weight is 295 g/mol. The Morgan fingerprint density at radius 3 is 2.57 bits per heavy atom. The zero-order chi connectivity index (χ0) is 15.5. The van der Waals surface area contributed by atoms with Crippen LogP contribution in [0.2, 0.25) is 0 Å². The van der Waals surface area contributed by atoms with Gasteiger partial charge in [-0.15, -0.1) is 0 Å². The summed E-state index contributed by atoms with van der Waals surface area (Å²) in [4.78, 5) is 0. The van der Waals surface area contributed by atoms with Crippen LogP contribution in [0.1, 0.15) is 49.8 Å². The summed E-state index contributed by atoms with van der Waals surface area (Å²) < 4.78 is 10.6. The van der Waals surface area contributed by atoms with Gasteiger partial charge in [-0.25, -0.2) is 0 Å². The quantitative estimate of drug-likeness (QED) is 0.616. The maximum absolute atomic E-state index is 8.74. The van der Waals surface area contributed by atoms with Gasteiger partial charge in [0.15, 0.2) is 0 Å². The smallest absolute Gasteiger partial charge is 0.124 e. The molecule has 0 bridgehead atoms. The third-order valence-electron chi connectivity index (χ3n) is 3.64. The molecule has 0 aliphatic rings. The summed E-state index contributed by atoms with van der Waals surface area (Å²) in [7, 11) is 3.38. The molecule has 0 radical (unpaired) electrons. The fourth-order valence-electron chi connectivity index (χ4n) is 2.36. The van der Waals surface area contributed by atoms with E-state index in [1.807, 2.05) is 6.07 Å². The fourth-order valence-corrected chi connectivity index (χ4v) is 2.36. The van der Waals surface area contributed by atoms with Crippen LogP contribution in [0.15, 0.2) is 18.2 Å². The van der Waals surface area contributed by atoms with E-state index in [-0.39, 0.29) is 0 Å². The molecule has 1 aromatic rings. The van der Waals surface area contributed by atoms with E-state index in [0.29, 0.717) is 19.3 Å². The first-order valence-corrected chi connectivity index (χ1v) is 7.73. The monoisotopic (exact) mass is 295 g/mol. The van der Waals surface area contributed by atoms with Crippen molar-refractivity contribution in [2.75, 3.05) is 27.4 Å². The Bertz CT molecular complexity index is 396. The van der Waals surface area contributed by atoms with E-state index in [2.05, 4.69) is 24.4 Å². The molecule has 0 aromatic heterocycles. The predicted molar refractivity (Wildman–Crippen MR) is 85.7 cm³/mol. The highest BCUT2D eigenvalue weighted by Gasteiger charge is 2.09. The first kappa shape index (κ1) is 18.0. The maximum Gasteiger partial charge on any atom is 0.124 e. The third-order valence-corrected chi connectivity index (χ3v) is 3.64. The summed E-state index contributed by atoms with van der Waals surface area (Å²) in [5.41, 5.74) is 2.33. The topological polar surface area (TPSA) is 50.7 Å². The molecule has 1 rings (SSSR count). The van der Waals surface area contributed by atoms with Gasteiger partial charge in [0.05, 0.1) is 13.7 Å². The van der Waals surface area contributed by atoms with Gasteiger partial charge in [0.1, 0.15) is 5.75 Å². The van der Waals surface area contributed by atoms with Gasteiger partial charge in [0, 0.05) is 25.3 Å². The molecule has 0 spiro atoms. The Labute approximate surface area is 128 Å². The zero-order valence-corrected chi connectivity index (χ0v) is 13.5. The van der Waals surface area contributed by atoms with Gasteiger partial charge in [-0.05, 0) is 44.0 Å². The first-order valence-electron chi connectivity index (χ1n) is 7.73. The normalized spacial score (nSPS) is 12.4. The molecule has 0 amide bonds. The SMILES string of the molecule is COCc1cc(C(C)NCCCCCCO)ccc1OC. The number of methoxy groups -OCH3 is 2. The molecule has 0 aliphatic carbocycles. The lowest BCUT2D eigenvalue weighted by molar-refractivity contribution is 0.181. The molecule has 0 fully saturated rings. The van der Waals surface area contributed by atoms with Crippen LogP contribution in [0.4, 0.5) is 0 Å². The molecule has 1 unspecified atom stereocenters. The third kappa shape index (κ3) is 6.46. The van der Waals surface area contributed by atoms with E-state index in [4.69, 9.17) is 14.6 Å². The lowest BCUT2D eigenvalue weighted by Gasteiger charge is -2.17. The van der Waals surface area contributed by atoms with Crippen molar-refractivity contribution in [3.05, 3.63) is 29.3 Å². The highest BCUT2D eigenvalue weighted by molar-refractivity contribution is 5.38. The molecule has 2 N–H and O–H groups in total. The highest BCUT2D eigenvalue weighted by atomic mass is 16.5. The van der Waals surface area contributed by atoms with Crippen molar-refractivity contribution in [2.45, 2.75) is 45.3 Å². The molecule has 0 aliphatic heterocycles. The Morgan fingerprint density at radius 2 is 1.90 bits per heavy atom. The first-order chi connectivity index (χ1) is 10.2. The molecule has 21 heavy (non-hydrogen) atoms. The van der Waals surface area contributed by atoms with Gasteiger partial charge in [0.25, 0.3) is 0 Å². The number of aliphatic hydroxyl groups excluding tert-OH is 1. The van der Waals surface area contributed by atoms with Crippen molar-refractivity contribution in [3.8, 4) is 5.75 Å². The predicted octanol–water partition coefficient (Wildman–Crippen LogP) is 3.04. The Hall–Kier alpha value is -1.10. The summed E-state index contributed by atoms with van der Waals surface area (Å²) in [6.45, 7) is 4.03. The number of ether oxygens (including phenoxy) is 2.